The van der Waals surface area contributed by atoms with E-state index in [2.05, 4.69) is 42.3 Å². The van der Waals surface area contributed by atoms with Crippen LogP contribution in [0.1, 0.15) is 49.3 Å². The zero-order chi connectivity index (χ0) is 25.5. The van der Waals surface area contributed by atoms with Crippen molar-refractivity contribution in [2.24, 2.45) is 5.92 Å². The number of hydrogen-bond acceptors (Lipinski definition) is 8. The topological polar surface area (TPSA) is 118 Å². The number of ether oxygens (including phenoxy) is 1. The molecule has 0 aliphatic carbocycles. The molecule has 0 saturated carbocycles. The SMILES string of the molecule is CCc1cc(-c2noc(-c3cc(CC(C)C)c(C)s3)n2)cc(CC)c1OC[C@@H](O)CNC(=O)CO. The highest BCUT2D eigenvalue weighted by atomic mass is 32.1. The minimum absolute atomic E-state index is 0.00705. The largest absolute Gasteiger partial charge is 0.490 e. The van der Waals surface area contributed by atoms with Crippen molar-refractivity contribution in [2.45, 2.75) is 60.0 Å². The number of aromatic nitrogens is 2. The van der Waals surface area contributed by atoms with Crippen LogP contribution in [0, 0.1) is 12.8 Å². The van der Waals surface area contributed by atoms with Crippen molar-refractivity contribution in [1.82, 2.24) is 15.5 Å². The third-order valence-corrected chi connectivity index (χ3v) is 6.73. The van der Waals surface area contributed by atoms with Crippen molar-refractivity contribution < 1.29 is 24.3 Å². The first-order valence-electron chi connectivity index (χ1n) is 12.0. The van der Waals surface area contributed by atoms with Crippen molar-refractivity contribution in [3.05, 3.63) is 39.8 Å². The number of rotatable bonds is 12. The molecule has 8 nitrogen and oxygen atoms in total. The van der Waals surface area contributed by atoms with E-state index in [-0.39, 0.29) is 13.2 Å². The van der Waals surface area contributed by atoms with Gasteiger partial charge in [0, 0.05) is 17.0 Å². The highest BCUT2D eigenvalue weighted by molar-refractivity contribution is 7.15. The Balaban J connectivity index is 1.80. The fraction of sp³-hybridized carbons (Fsp3) is 0.500. The summed E-state index contributed by atoms with van der Waals surface area (Å²) in [4.78, 5) is 18.1. The van der Waals surface area contributed by atoms with Crippen LogP contribution in [0.2, 0.25) is 0 Å². The normalized spacial score (nSPS) is 12.2. The van der Waals surface area contributed by atoms with Crippen LogP contribution in [-0.4, -0.2) is 52.1 Å². The average molecular weight is 502 g/mol. The summed E-state index contributed by atoms with van der Waals surface area (Å²) in [5.74, 6) is 1.81. The van der Waals surface area contributed by atoms with Gasteiger partial charge in [-0.3, -0.25) is 4.79 Å². The minimum Gasteiger partial charge on any atom is -0.490 e. The van der Waals surface area contributed by atoms with E-state index in [1.54, 1.807) is 11.3 Å². The Morgan fingerprint density at radius 3 is 2.46 bits per heavy atom. The Hall–Kier alpha value is -2.75. The van der Waals surface area contributed by atoms with E-state index in [0.717, 1.165) is 46.6 Å². The van der Waals surface area contributed by atoms with Gasteiger partial charge in [0.15, 0.2) is 0 Å². The lowest BCUT2D eigenvalue weighted by Crippen LogP contribution is -2.36. The van der Waals surface area contributed by atoms with Crippen LogP contribution in [0.25, 0.3) is 22.2 Å². The number of amides is 1. The summed E-state index contributed by atoms with van der Waals surface area (Å²) in [5, 5.41) is 25.6. The van der Waals surface area contributed by atoms with Crippen molar-refractivity contribution in [3.8, 4) is 27.9 Å². The Bertz CT molecular complexity index is 1110. The lowest BCUT2D eigenvalue weighted by molar-refractivity contribution is -0.124. The van der Waals surface area contributed by atoms with Crippen molar-refractivity contribution in [3.63, 3.8) is 0 Å². The summed E-state index contributed by atoms with van der Waals surface area (Å²) in [5.41, 5.74) is 4.13. The number of aryl methyl sites for hydroxylation is 3. The first kappa shape index (κ1) is 26.8. The van der Waals surface area contributed by atoms with E-state index >= 15 is 0 Å². The number of nitrogens with zero attached hydrogens (tertiary/aromatic N) is 2. The molecule has 1 aromatic carbocycles. The number of aliphatic hydroxyl groups excluding tert-OH is 2. The van der Waals surface area contributed by atoms with Crippen LogP contribution in [0.3, 0.4) is 0 Å². The summed E-state index contributed by atoms with van der Waals surface area (Å²) in [6, 6.07) is 6.14. The van der Waals surface area contributed by atoms with Crippen molar-refractivity contribution in [1.29, 1.82) is 0 Å². The first-order chi connectivity index (χ1) is 16.7. The molecular formula is C26H35N3O5S. The maximum absolute atomic E-state index is 11.2. The van der Waals surface area contributed by atoms with Crippen LogP contribution in [-0.2, 0) is 24.1 Å². The quantitative estimate of drug-likeness (QED) is 0.344. The molecule has 0 spiro atoms. The molecule has 2 heterocycles. The maximum atomic E-state index is 11.2. The number of hydrogen-bond donors (Lipinski definition) is 3. The second kappa shape index (κ2) is 12.3. The summed E-state index contributed by atoms with van der Waals surface area (Å²) in [6.07, 6.45) is 1.57. The van der Waals surface area contributed by atoms with Crippen LogP contribution in [0.4, 0.5) is 0 Å². The molecule has 0 unspecified atom stereocenters. The number of nitrogens with one attached hydrogen (secondary N) is 1. The zero-order valence-electron chi connectivity index (χ0n) is 21.1. The third kappa shape index (κ3) is 6.90. The van der Waals surface area contributed by atoms with Gasteiger partial charge < -0.3 is 24.8 Å². The van der Waals surface area contributed by atoms with E-state index in [0.29, 0.717) is 17.6 Å². The smallest absolute Gasteiger partial charge is 0.268 e. The Morgan fingerprint density at radius 1 is 1.17 bits per heavy atom. The van der Waals surface area contributed by atoms with Gasteiger partial charge >= 0.3 is 0 Å². The molecule has 3 rings (SSSR count). The van der Waals surface area contributed by atoms with Gasteiger partial charge in [0.05, 0.1) is 4.88 Å². The molecule has 2 aromatic heterocycles. The van der Waals surface area contributed by atoms with E-state index in [1.807, 2.05) is 26.0 Å². The van der Waals surface area contributed by atoms with Gasteiger partial charge in [0.25, 0.3) is 5.89 Å². The molecule has 0 bridgehead atoms. The lowest BCUT2D eigenvalue weighted by atomic mass is 10.00. The molecule has 0 fully saturated rings. The predicted molar refractivity (Wildman–Crippen MR) is 137 cm³/mol. The molecule has 35 heavy (non-hydrogen) atoms. The highest BCUT2D eigenvalue weighted by Gasteiger charge is 2.19. The van der Waals surface area contributed by atoms with Crippen molar-refractivity contribution >= 4 is 17.2 Å². The lowest BCUT2D eigenvalue weighted by Gasteiger charge is -2.18. The Morgan fingerprint density at radius 2 is 1.86 bits per heavy atom. The second-order valence-electron chi connectivity index (χ2n) is 8.97. The molecular weight excluding hydrogens is 466 g/mol. The summed E-state index contributed by atoms with van der Waals surface area (Å²) in [7, 11) is 0. The molecule has 0 aliphatic rings. The number of carbonyl (C=O) groups excluding carboxylic acids is 1. The average Bonchev–Trinajstić information content (AvgIpc) is 3.47. The Kier molecular flexibility index (Phi) is 9.42. The zero-order valence-corrected chi connectivity index (χ0v) is 21.9. The molecule has 0 radical (unpaired) electrons. The van der Waals surface area contributed by atoms with Crippen LogP contribution >= 0.6 is 11.3 Å². The molecule has 3 aromatic rings. The standard InChI is InChI=1S/C26H35N3O5S/c1-6-17-9-20(10-18(7-2)24(17)33-14-21(31)12-27-23(32)13-30)25-28-26(34-29-25)22-11-19(8-15(3)4)16(5)35-22/h9-11,15,21,30-31H,6-8,12-14H2,1-5H3,(H,27,32)/t21-/m0/s1. The van der Waals surface area contributed by atoms with E-state index in [1.165, 1.54) is 10.4 Å². The number of thiophene rings is 1. The monoisotopic (exact) mass is 501 g/mol. The molecule has 1 atom stereocenters. The number of aliphatic hydroxyl groups is 2. The van der Waals surface area contributed by atoms with Gasteiger partial charge in [0.2, 0.25) is 11.7 Å². The fourth-order valence-corrected chi connectivity index (χ4v) is 4.80. The molecule has 0 saturated heterocycles. The Labute approximate surface area is 210 Å². The highest BCUT2D eigenvalue weighted by Crippen LogP contribution is 2.35. The van der Waals surface area contributed by atoms with Crippen LogP contribution < -0.4 is 10.1 Å². The first-order valence-corrected chi connectivity index (χ1v) is 12.8. The summed E-state index contributed by atoms with van der Waals surface area (Å²) < 4.78 is 11.6. The predicted octanol–water partition coefficient (Wildman–Crippen LogP) is 3.95. The van der Waals surface area contributed by atoms with E-state index < -0.39 is 18.6 Å². The molecule has 190 valence electrons. The number of carbonyl (C=O) groups is 1. The second-order valence-corrected chi connectivity index (χ2v) is 10.2. The van der Waals surface area contributed by atoms with Gasteiger partial charge in [0.1, 0.15) is 25.1 Å². The molecule has 0 aliphatic heterocycles. The summed E-state index contributed by atoms with van der Waals surface area (Å²) >= 11 is 1.67. The number of benzene rings is 1. The van der Waals surface area contributed by atoms with Gasteiger partial charge in [-0.2, -0.15) is 4.98 Å². The van der Waals surface area contributed by atoms with Crippen LogP contribution in [0.15, 0.2) is 22.7 Å². The van der Waals surface area contributed by atoms with E-state index in [4.69, 9.17) is 14.4 Å². The van der Waals surface area contributed by atoms with Gasteiger partial charge in [-0.05, 0) is 67.0 Å². The van der Waals surface area contributed by atoms with Gasteiger partial charge in [-0.25, -0.2) is 0 Å². The molecule has 3 N–H and O–H groups in total. The van der Waals surface area contributed by atoms with Crippen LogP contribution in [0.5, 0.6) is 5.75 Å². The van der Waals surface area contributed by atoms with E-state index in [9.17, 15) is 9.90 Å². The van der Waals surface area contributed by atoms with Crippen molar-refractivity contribution in [2.75, 3.05) is 19.8 Å². The molecule has 1 amide bonds. The molecule has 9 heteroatoms. The minimum atomic E-state index is -0.894. The third-order valence-electron chi connectivity index (χ3n) is 5.65. The van der Waals surface area contributed by atoms with Gasteiger partial charge in [-0.15, -0.1) is 11.3 Å². The fourth-order valence-electron chi connectivity index (χ4n) is 3.83. The summed E-state index contributed by atoms with van der Waals surface area (Å²) in [6.45, 7) is 10.0. The maximum Gasteiger partial charge on any atom is 0.268 e. The van der Waals surface area contributed by atoms with Gasteiger partial charge in [-0.1, -0.05) is 32.9 Å².